The molecule has 180 valence electrons. The Morgan fingerprint density at radius 3 is 1.97 bits per heavy atom. The minimum absolute atomic E-state index is 1.03. The molecule has 2 aromatic heterocycles. The van der Waals surface area contributed by atoms with Crippen molar-refractivity contribution >= 4 is 65.9 Å². The predicted molar refractivity (Wildman–Crippen MR) is 168 cm³/mol. The molecule has 0 saturated carbocycles. The Kier molecular flexibility index (Phi) is 5.42. The lowest BCUT2D eigenvalue weighted by atomic mass is 9.86. The number of fused-ring (bicyclic) bond motifs is 4. The Morgan fingerprint density at radius 1 is 0.684 bits per heavy atom. The molecule has 1 nitrogen and oxygen atoms in total. The van der Waals surface area contributed by atoms with Crippen LogP contribution in [0.4, 0.5) is 0 Å². The zero-order valence-electron chi connectivity index (χ0n) is 21.1. The summed E-state index contributed by atoms with van der Waals surface area (Å²) in [6.45, 7) is 6.18. The third-order valence-electron chi connectivity index (χ3n) is 7.40. The molecule has 7 rings (SSSR count). The molecular formula is C36H25NS. The first-order chi connectivity index (χ1) is 18.8. The number of allylic oxidation sites excluding steroid dienone is 1. The fourth-order valence-electron chi connectivity index (χ4n) is 5.76. The third kappa shape index (κ3) is 3.42. The molecular weight excluding hydrogens is 478 g/mol. The Morgan fingerprint density at radius 2 is 1.32 bits per heavy atom. The second kappa shape index (κ2) is 9.09. The van der Waals surface area contributed by atoms with Crippen molar-refractivity contribution in [2.24, 2.45) is 0 Å². The highest BCUT2D eigenvalue weighted by atomic mass is 32.1. The van der Waals surface area contributed by atoms with Crippen molar-refractivity contribution in [3.63, 3.8) is 0 Å². The summed E-state index contributed by atoms with van der Waals surface area (Å²) in [6, 6.07) is 35.1. The number of nitrogens with zero attached hydrogens (tertiary/aromatic N) is 1. The van der Waals surface area contributed by atoms with Crippen molar-refractivity contribution < 1.29 is 0 Å². The van der Waals surface area contributed by atoms with Crippen molar-refractivity contribution in [1.82, 2.24) is 4.98 Å². The van der Waals surface area contributed by atoms with Crippen LogP contribution >= 0.6 is 11.3 Å². The average molecular weight is 504 g/mol. The third-order valence-corrected chi connectivity index (χ3v) is 8.59. The first kappa shape index (κ1) is 22.7. The van der Waals surface area contributed by atoms with Crippen LogP contribution in [-0.2, 0) is 0 Å². The summed E-state index contributed by atoms with van der Waals surface area (Å²) in [4.78, 5) is 6.24. The van der Waals surface area contributed by atoms with Gasteiger partial charge in [0.25, 0.3) is 0 Å². The summed E-state index contributed by atoms with van der Waals surface area (Å²) in [6.07, 6.45) is 8.17. The quantitative estimate of drug-likeness (QED) is 0.218. The Hall–Kier alpha value is -4.53. The van der Waals surface area contributed by atoms with Crippen molar-refractivity contribution in [2.75, 3.05) is 0 Å². The standard InChI is InChI=1S/C36H25NS/c1-3-11-32-26(4-2)31-20-21-37-35(36(31)38-32)34-29-16-9-7-14-27(29)33(28-15-8-10-17-30(28)34)25-19-18-23-12-5-6-13-24(23)22-25/h3-22H,2H2,1H3. The van der Waals surface area contributed by atoms with Crippen LogP contribution in [0.25, 0.3) is 76.9 Å². The van der Waals surface area contributed by atoms with Crippen LogP contribution in [0, 0.1) is 0 Å². The van der Waals surface area contributed by atoms with Gasteiger partial charge in [0.05, 0.1) is 10.4 Å². The van der Waals surface area contributed by atoms with E-state index in [0.717, 1.165) is 5.69 Å². The molecule has 5 aromatic carbocycles. The minimum Gasteiger partial charge on any atom is -0.255 e. The zero-order chi connectivity index (χ0) is 25.6. The highest BCUT2D eigenvalue weighted by Crippen LogP contribution is 2.47. The molecule has 2 heterocycles. The molecule has 0 saturated heterocycles. The van der Waals surface area contributed by atoms with E-state index >= 15 is 0 Å². The topological polar surface area (TPSA) is 12.9 Å². The van der Waals surface area contributed by atoms with Crippen LogP contribution in [0.2, 0.25) is 0 Å². The van der Waals surface area contributed by atoms with Crippen LogP contribution in [0.5, 0.6) is 0 Å². The molecule has 7 aromatic rings. The molecule has 0 fully saturated rings. The first-order valence-corrected chi connectivity index (χ1v) is 13.7. The summed E-state index contributed by atoms with van der Waals surface area (Å²) < 4.78 is 1.20. The van der Waals surface area contributed by atoms with Gasteiger partial charge in [-0.15, -0.1) is 11.3 Å². The van der Waals surface area contributed by atoms with Gasteiger partial charge in [-0.25, -0.2) is 0 Å². The number of benzene rings is 5. The van der Waals surface area contributed by atoms with Gasteiger partial charge in [-0.05, 0) is 74.1 Å². The molecule has 0 N–H and O–H groups in total. The maximum atomic E-state index is 5.02. The van der Waals surface area contributed by atoms with Crippen molar-refractivity contribution in [3.05, 3.63) is 126 Å². The van der Waals surface area contributed by atoms with Crippen LogP contribution in [0.3, 0.4) is 0 Å². The van der Waals surface area contributed by atoms with Gasteiger partial charge in [0.2, 0.25) is 0 Å². The number of thiophene rings is 1. The molecule has 0 unspecified atom stereocenters. The number of pyridine rings is 1. The molecule has 0 spiro atoms. The van der Waals surface area contributed by atoms with E-state index in [4.69, 9.17) is 4.98 Å². The zero-order valence-corrected chi connectivity index (χ0v) is 21.9. The minimum atomic E-state index is 1.03. The average Bonchev–Trinajstić information content (AvgIpc) is 3.33. The van der Waals surface area contributed by atoms with Crippen LogP contribution in [0.15, 0.2) is 116 Å². The van der Waals surface area contributed by atoms with E-state index in [1.54, 1.807) is 11.3 Å². The lowest BCUT2D eigenvalue weighted by Crippen LogP contribution is -1.92. The van der Waals surface area contributed by atoms with Gasteiger partial charge in [0, 0.05) is 22.0 Å². The Bertz CT molecular complexity index is 2000. The summed E-state index contributed by atoms with van der Waals surface area (Å²) in [7, 11) is 0. The van der Waals surface area contributed by atoms with Gasteiger partial charge < -0.3 is 0 Å². The molecule has 0 aliphatic heterocycles. The van der Waals surface area contributed by atoms with Gasteiger partial charge in [-0.2, -0.15) is 0 Å². The summed E-state index contributed by atoms with van der Waals surface area (Å²) >= 11 is 1.79. The van der Waals surface area contributed by atoms with Crippen LogP contribution in [0.1, 0.15) is 17.4 Å². The van der Waals surface area contributed by atoms with E-state index < -0.39 is 0 Å². The summed E-state index contributed by atoms with van der Waals surface area (Å²) in [5.74, 6) is 0. The first-order valence-electron chi connectivity index (χ1n) is 12.9. The van der Waals surface area contributed by atoms with Crippen molar-refractivity contribution in [3.8, 4) is 22.4 Å². The highest BCUT2D eigenvalue weighted by Gasteiger charge is 2.20. The van der Waals surface area contributed by atoms with Gasteiger partial charge in [0.1, 0.15) is 0 Å². The number of hydrogen-bond acceptors (Lipinski definition) is 2. The van der Waals surface area contributed by atoms with Gasteiger partial charge in [-0.1, -0.05) is 104 Å². The van der Waals surface area contributed by atoms with E-state index in [-0.39, 0.29) is 0 Å². The van der Waals surface area contributed by atoms with E-state index in [9.17, 15) is 0 Å². The maximum Gasteiger partial charge on any atom is 0.0892 e. The van der Waals surface area contributed by atoms with Crippen molar-refractivity contribution in [1.29, 1.82) is 0 Å². The van der Waals surface area contributed by atoms with Gasteiger partial charge in [-0.3, -0.25) is 4.98 Å². The Labute approximate surface area is 226 Å². The number of aromatic nitrogens is 1. The fraction of sp³-hybridized carbons (Fsp3) is 0.0278. The molecule has 0 aliphatic carbocycles. The molecule has 0 aliphatic rings. The second-order valence-electron chi connectivity index (χ2n) is 9.52. The number of hydrogen-bond donors (Lipinski definition) is 0. The molecule has 2 heteroatoms. The smallest absolute Gasteiger partial charge is 0.0892 e. The Balaban J connectivity index is 1.62. The highest BCUT2D eigenvalue weighted by molar-refractivity contribution is 7.20. The monoisotopic (exact) mass is 503 g/mol. The largest absolute Gasteiger partial charge is 0.255 e. The van der Waals surface area contributed by atoms with Crippen molar-refractivity contribution in [2.45, 2.75) is 6.92 Å². The van der Waals surface area contributed by atoms with Crippen LogP contribution < -0.4 is 0 Å². The normalized spacial score (nSPS) is 11.8. The lowest BCUT2D eigenvalue weighted by Gasteiger charge is -2.18. The van der Waals surface area contributed by atoms with Crippen LogP contribution in [-0.4, -0.2) is 4.98 Å². The summed E-state index contributed by atoms with van der Waals surface area (Å²) in [5, 5.41) is 8.63. The second-order valence-corrected chi connectivity index (χ2v) is 10.6. The maximum absolute atomic E-state index is 5.02. The van der Waals surface area contributed by atoms with E-state index in [2.05, 4.69) is 123 Å². The van der Waals surface area contributed by atoms with E-state index in [0.29, 0.717) is 0 Å². The van der Waals surface area contributed by atoms with E-state index in [1.807, 2.05) is 12.3 Å². The summed E-state index contributed by atoms with van der Waals surface area (Å²) in [5.41, 5.74) is 5.90. The molecule has 0 atom stereocenters. The number of rotatable bonds is 4. The lowest BCUT2D eigenvalue weighted by molar-refractivity contribution is 1.38. The molecule has 0 radical (unpaired) electrons. The van der Waals surface area contributed by atoms with Gasteiger partial charge in [0.15, 0.2) is 0 Å². The van der Waals surface area contributed by atoms with E-state index in [1.165, 1.54) is 69.5 Å². The molecule has 0 bridgehead atoms. The molecule has 0 amide bonds. The fourth-order valence-corrected chi connectivity index (χ4v) is 7.03. The molecule has 38 heavy (non-hydrogen) atoms. The SMILES string of the molecule is C=Cc1c(C=CC)sc2c(-c3c4ccccc4c(-c4ccc5ccccc5c4)c4ccccc34)nccc12. The predicted octanol–water partition coefficient (Wildman–Crippen LogP) is 10.8. The van der Waals surface area contributed by atoms with Gasteiger partial charge >= 0.3 is 0 Å².